The maximum Gasteiger partial charge on any atom is 0.339 e. The average molecular weight is 234 g/mol. The maximum absolute atomic E-state index is 11.7. The lowest BCUT2D eigenvalue weighted by atomic mass is 9.98. The van der Waals surface area contributed by atoms with Crippen molar-refractivity contribution in [1.29, 1.82) is 0 Å². The molecule has 1 rings (SSSR count). The second kappa shape index (κ2) is 6.58. The van der Waals surface area contributed by atoms with Gasteiger partial charge in [-0.2, -0.15) is 0 Å². The summed E-state index contributed by atoms with van der Waals surface area (Å²) in [7, 11) is 0. The highest BCUT2D eigenvalue weighted by Gasteiger charge is 2.16. The van der Waals surface area contributed by atoms with Crippen molar-refractivity contribution in [1.82, 2.24) is 0 Å². The summed E-state index contributed by atoms with van der Waals surface area (Å²) < 4.78 is 4.90. The summed E-state index contributed by atoms with van der Waals surface area (Å²) in [5, 5.41) is 0. The monoisotopic (exact) mass is 234 g/mol. The summed E-state index contributed by atoms with van der Waals surface area (Å²) in [5.41, 5.74) is 1.23. The molecule has 0 spiro atoms. The summed E-state index contributed by atoms with van der Waals surface area (Å²) >= 11 is 0. The van der Waals surface area contributed by atoms with Gasteiger partial charge in [0.15, 0.2) is 6.29 Å². The molecule has 0 bridgehead atoms. The van der Waals surface area contributed by atoms with Crippen LogP contribution in [0.15, 0.2) is 18.2 Å². The Morgan fingerprint density at radius 1 is 1.35 bits per heavy atom. The molecule has 0 aromatic heterocycles. The van der Waals surface area contributed by atoms with Gasteiger partial charge in [-0.05, 0) is 18.9 Å². The van der Waals surface area contributed by atoms with Crippen LogP contribution in [0.3, 0.4) is 0 Å². The molecular formula is C13H14O4. The minimum absolute atomic E-state index is 0.249. The topological polar surface area (TPSA) is 60.4 Å². The molecule has 0 saturated carbocycles. The van der Waals surface area contributed by atoms with Gasteiger partial charge >= 0.3 is 5.97 Å². The van der Waals surface area contributed by atoms with Crippen LogP contribution in [-0.2, 0) is 16.0 Å². The zero-order valence-electron chi connectivity index (χ0n) is 9.64. The van der Waals surface area contributed by atoms with Crippen LogP contribution in [-0.4, -0.2) is 25.1 Å². The fraction of sp³-hybridized carbons (Fsp3) is 0.308. The number of esters is 1. The van der Waals surface area contributed by atoms with Crippen molar-refractivity contribution in [2.45, 2.75) is 19.8 Å². The number of aryl methyl sites for hydroxylation is 1. The molecule has 0 aliphatic heterocycles. The molecule has 0 N–H and O–H groups in total. The van der Waals surface area contributed by atoms with Crippen molar-refractivity contribution < 1.29 is 19.1 Å². The quantitative estimate of drug-likeness (QED) is 0.556. The molecule has 0 fully saturated rings. The number of hydrogen-bond donors (Lipinski definition) is 0. The lowest BCUT2D eigenvalue weighted by Gasteiger charge is -2.09. The highest BCUT2D eigenvalue weighted by Crippen LogP contribution is 2.16. The van der Waals surface area contributed by atoms with E-state index in [0.29, 0.717) is 30.3 Å². The zero-order valence-corrected chi connectivity index (χ0v) is 9.64. The van der Waals surface area contributed by atoms with Crippen molar-refractivity contribution in [3.8, 4) is 0 Å². The third-order valence-corrected chi connectivity index (χ3v) is 2.32. The number of rotatable bonds is 6. The SMILES string of the molecule is CCOC(=O)c1c(C=O)cccc1CCC=O. The molecule has 0 radical (unpaired) electrons. The normalized spacial score (nSPS) is 9.71. The van der Waals surface area contributed by atoms with Gasteiger partial charge in [-0.1, -0.05) is 18.2 Å². The first kappa shape index (κ1) is 13.1. The van der Waals surface area contributed by atoms with E-state index in [2.05, 4.69) is 0 Å². The second-order valence-corrected chi connectivity index (χ2v) is 3.43. The molecule has 0 saturated heterocycles. The van der Waals surface area contributed by atoms with Gasteiger partial charge in [0.1, 0.15) is 6.29 Å². The molecule has 0 atom stereocenters. The Labute approximate surface area is 99.6 Å². The average Bonchev–Trinajstić information content (AvgIpc) is 2.35. The molecule has 0 heterocycles. The first-order valence-corrected chi connectivity index (χ1v) is 5.42. The van der Waals surface area contributed by atoms with Gasteiger partial charge in [0, 0.05) is 12.0 Å². The molecule has 0 amide bonds. The second-order valence-electron chi connectivity index (χ2n) is 3.43. The summed E-state index contributed by atoms with van der Waals surface area (Å²) in [6.07, 6.45) is 2.15. The standard InChI is InChI=1S/C13H14O4/c1-2-17-13(16)12-10(7-4-8-14)5-3-6-11(12)9-15/h3,5-6,8-9H,2,4,7H2,1H3. The highest BCUT2D eigenvalue weighted by atomic mass is 16.5. The van der Waals surface area contributed by atoms with Gasteiger partial charge in [-0.25, -0.2) is 4.79 Å². The van der Waals surface area contributed by atoms with Gasteiger partial charge in [0.2, 0.25) is 0 Å². The maximum atomic E-state index is 11.7. The molecule has 1 aromatic rings. The Balaban J connectivity index is 3.14. The first-order chi connectivity index (χ1) is 8.24. The van der Waals surface area contributed by atoms with Gasteiger partial charge in [-0.3, -0.25) is 4.79 Å². The van der Waals surface area contributed by atoms with E-state index < -0.39 is 5.97 Å². The molecule has 0 unspecified atom stereocenters. The summed E-state index contributed by atoms with van der Waals surface area (Å²) in [4.78, 5) is 33.0. The van der Waals surface area contributed by atoms with Crippen LogP contribution in [0.2, 0.25) is 0 Å². The Morgan fingerprint density at radius 3 is 2.71 bits per heavy atom. The fourth-order valence-corrected chi connectivity index (χ4v) is 1.59. The molecule has 90 valence electrons. The lowest BCUT2D eigenvalue weighted by molar-refractivity contribution is -0.107. The summed E-state index contributed by atoms with van der Waals surface area (Å²) in [5.74, 6) is -0.518. The Hall–Kier alpha value is -1.97. The van der Waals surface area contributed by atoms with Crippen molar-refractivity contribution in [3.63, 3.8) is 0 Å². The minimum Gasteiger partial charge on any atom is -0.462 e. The van der Waals surface area contributed by atoms with Crippen LogP contribution in [0.25, 0.3) is 0 Å². The van der Waals surface area contributed by atoms with Crippen molar-refractivity contribution in [2.24, 2.45) is 0 Å². The van der Waals surface area contributed by atoms with E-state index >= 15 is 0 Å². The number of hydrogen-bond acceptors (Lipinski definition) is 4. The molecular weight excluding hydrogens is 220 g/mol. The fourth-order valence-electron chi connectivity index (χ4n) is 1.59. The number of ether oxygens (including phenoxy) is 1. The third-order valence-electron chi connectivity index (χ3n) is 2.32. The zero-order chi connectivity index (χ0) is 12.7. The molecule has 4 heteroatoms. The van der Waals surface area contributed by atoms with Gasteiger partial charge in [-0.15, -0.1) is 0 Å². The van der Waals surface area contributed by atoms with Gasteiger partial charge in [0.05, 0.1) is 12.2 Å². The molecule has 0 aliphatic rings. The predicted molar refractivity (Wildman–Crippen MR) is 62.2 cm³/mol. The van der Waals surface area contributed by atoms with E-state index in [4.69, 9.17) is 4.74 Å². The highest BCUT2D eigenvalue weighted by molar-refractivity contribution is 5.99. The Kier molecular flexibility index (Phi) is 5.07. The number of benzene rings is 1. The van der Waals surface area contributed by atoms with E-state index in [1.807, 2.05) is 0 Å². The van der Waals surface area contributed by atoms with Crippen LogP contribution in [0, 0.1) is 0 Å². The number of carbonyl (C=O) groups excluding carboxylic acids is 3. The number of aldehydes is 2. The third kappa shape index (κ3) is 3.24. The smallest absolute Gasteiger partial charge is 0.339 e. The van der Waals surface area contributed by atoms with Crippen LogP contribution in [0.4, 0.5) is 0 Å². The Morgan fingerprint density at radius 2 is 2.12 bits per heavy atom. The first-order valence-electron chi connectivity index (χ1n) is 5.42. The molecule has 1 aromatic carbocycles. The number of carbonyl (C=O) groups is 3. The van der Waals surface area contributed by atoms with Crippen LogP contribution in [0.5, 0.6) is 0 Å². The Bertz CT molecular complexity index is 423. The summed E-state index contributed by atoms with van der Waals surface area (Å²) in [6.45, 7) is 1.95. The van der Waals surface area contributed by atoms with Crippen molar-refractivity contribution in [2.75, 3.05) is 6.61 Å². The van der Waals surface area contributed by atoms with E-state index in [1.165, 1.54) is 0 Å². The van der Waals surface area contributed by atoms with Gasteiger partial charge in [0.25, 0.3) is 0 Å². The van der Waals surface area contributed by atoms with E-state index in [9.17, 15) is 14.4 Å². The largest absolute Gasteiger partial charge is 0.462 e. The van der Waals surface area contributed by atoms with E-state index in [-0.39, 0.29) is 12.2 Å². The molecule has 4 nitrogen and oxygen atoms in total. The summed E-state index contributed by atoms with van der Waals surface area (Å²) in [6, 6.07) is 4.97. The predicted octanol–water partition coefficient (Wildman–Crippen LogP) is 1.81. The molecule has 17 heavy (non-hydrogen) atoms. The minimum atomic E-state index is -0.518. The van der Waals surface area contributed by atoms with Crippen LogP contribution >= 0.6 is 0 Å². The van der Waals surface area contributed by atoms with E-state index in [1.54, 1.807) is 25.1 Å². The lowest BCUT2D eigenvalue weighted by Crippen LogP contribution is -2.11. The molecule has 0 aliphatic carbocycles. The van der Waals surface area contributed by atoms with Gasteiger partial charge < -0.3 is 9.53 Å². The van der Waals surface area contributed by atoms with E-state index in [0.717, 1.165) is 6.29 Å². The van der Waals surface area contributed by atoms with Crippen molar-refractivity contribution in [3.05, 3.63) is 34.9 Å². The van der Waals surface area contributed by atoms with Crippen molar-refractivity contribution >= 4 is 18.5 Å². The van der Waals surface area contributed by atoms with Crippen LogP contribution in [0.1, 0.15) is 39.6 Å². The van der Waals surface area contributed by atoms with Crippen LogP contribution < -0.4 is 0 Å².